The van der Waals surface area contributed by atoms with Gasteiger partial charge in [0.05, 0.1) is 11.4 Å². The summed E-state index contributed by atoms with van der Waals surface area (Å²) in [5, 5.41) is 20.3. The van der Waals surface area contributed by atoms with Crippen molar-refractivity contribution in [1.82, 2.24) is 19.6 Å². The Hall–Kier alpha value is -2.40. The number of aliphatic hydroxyl groups is 1. The summed E-state index contributed by atoms with van der Waals surface area (Å²) in [5.74, 6) is 0. The molecule has 0 saturated heterocycles. The van der Waals surface area contributed by atoms with Crippen LogP contribution in [0.3, 0.4) is 0 Å². The Kier molecular flexibility index (Phi) is 4.28. The van der Waals surface area contributed by atoms with E-state index in [1.165, 1.54) is 5.56 Å². The summed E-state index contributed by atoms with van der Waals surface area (Å²) < 4.78 is 3.72. The molecule has 5 heteroatoms. The van der Waals surface area contributed by atoms with Crippen LogP contribution in [0.2, 0.25) is 0 Å². The highest BCUT2D eigenvalue weighted by Gasteiger charge is 2.28. The summed E-state index contributed by atoms with van der Waals surface area (Å²) >= 11 is 0. The highest BCUT2D eigenvalue weighted by Crippen LogP contribution is 2.30. The Morgan fingerprint density at radius 1 is 0.792 bits per heavy atom. The van der Waals surface area contributed by atoms with Gasteiger partial charge in [-0.05, 0) is 52.3 Å². The maximum atomic E-state index is 11.1. The molecule has 5 nitrogen and oxygen atoms in total. The lowest BCUT2D eigenvalue weighted by molar-refractivity contribution is 0.0796. The van der Waals surface area contributed by atoms with Gasteiger partial charge in [0, 0.05) is 11.4 Å². The maximum Gasteiger partial charge on any atom is 0.173 e. The largest absolute Gasteiger partial charge is 0.384 e. The summed E-state index contributed by atoms with van der Waals surface area (Å²) in [6, 6.07) is 12.0. The van der Waals surface area contributed by atoms with Crippen molar-refractivity contribution in [1.29, 1.82) is 0 Å². The molecule has 3 rings (SSSR count). The standard InChI is InChI=1S/C19H24N4O/c1-12-6-8-17(9-7-12)18(24)19(22-15(4)10-13(2)20-22)23-16(5)11-14(3)21-23/h6-11,18-19,24H,1-5H3/t18-/m1/s1. The molecule has 1 aromatic carbocycles. The van der Waals surface area contributed by atoms with Crippen LogP contribution in [0, 0.1) is 34.6 Å². The Morgan fingerprint density at radius 2 is 1.25 bits per heavy atom. The molecule has 0 aliphatic carbocycles. The molecule has 126 valence electrons. The summed E-state index contributed by atoms with van der Waals surface area (Å²) in [7, 11) is 0. The van der Waals surface area contributed by atoms with Crippen molar-refractivity contribution in [3.05, 3.63) is 70.3 Å². The monoisotopic (exact) mass is 324 g/mol. The molecule has 0 aliphatic rings. The van der Waals surface area contributed by atoms with E-state index in [0.29, 0.717) is 0 Å². The molecule has 3 aromatic rings. The van der Waals surface area contributed by atoms with Crippen molar-refractivity contribution in [3.63, 3.8) is 0 Å². The molecular weight excluding hydrogens is 300 g/mol. The average molecular weight is 324 g/mol. The number of nitrogens with zero attached hydrogens (tertiary/aromatic N) is 4. The lowest BCUT2D eigenvalue weighted by atomic mass is 10.0. The molecule has 0 unspecified atom stereocenters. The third-order valence-corrected chi connectivity index (χ3v) is 4.29. The molecule has 2 aromatic heterocycles. The Labute approximate surface area is 142 Å². The van der Waals surface area contributed by atoms with Gasteiger partial charge in [-0.3, -0.25) is 0 Å². The summed E-state index contributed by atoms with van der Waals surface area (Å²) in [4.78, 5) is 0. The van der Waals surface area contributed by atoms with E-state index >= 15 is 0 Å². The van der Waals surface area contributed by atoms with Crippen LogP contribution in [-0.4, -0.2) is 24.7 Å². The molecule has 0 aliphatic heterocycles. The fourth-order valence-electron chi connectivity index (χ4n) is 3.13. The van der Waals surface area contributed by atoms with Crippen LogP contribution in [0.25, 0.3) is 0 Å². The van der Waals surface area contributed by atoms with Crippen LogP contribution in [0.4, 0.5) is 0 Å². The lowest BCUT2D eigenvalue weighted by Gasteiger charge is -2.26. The number of aryl methyl sites for hydroxylation is 5. The minimum atomic E-state index is -0.749. The van der Waals surface area contributed by atoms with E-state index in [0.717, 1.165) is 28.3 Å². The zero-order chi connectivity index (χ0) is 17.4. The van der Waals surface area contributed by atoms with E-state index in [4.69, 9.17) is 0 Å². The number of aliphatic hydroxyl groups excluding tert-OH is 1. The van der Waals surface area contributed by atoms with Crippen molar-refractivity contribution in [2.75, 3.05) is 0 Å². The second-order valence-electron chi connectivity index (χ2n) is 6.51. The molecule has 0 spiro atoms. The van der Waals surface area contributed by atoms with Gasteiger partial charge in [0.1, 0.15) is 6.10 Å². The molecule has 0 bridgehead atoms. The second-order valence-corrected chi connectivity index (χ2v) is 6.51. The van der Waals surface area contributed by atoms with Gasteiger partial charge in [0.2, 0.25) is 0 Å². The first-order chi connectivity index (χ1) is 11.4. The van der Waals surface area contributed by atoms with Gasteiger partial charge in [0.15, 0.2) is 6.17 Å². The molecule has 1 atom stereocenters. The quantitative estimate of drug-likeness (QED) is 0.800. The predicted octanol–water partition coefficient (Wildman–Crippen LogP) is 3.40. The van der Waals surface area contributed by atoms with Crippen molar-refractivity contribution in [2.45, 2.75) is 46.9 Å². The molecule has 0 radical (unpaired) electrons. The van der Waals surface area contributed by atoms with Crippen molar-refractivity contribution in [3.8, 4) is 0 Å². The Bertz CT molecular complexity index is 799. The van der Waals surface area contributed by atoms with E-state index in [-0.39, 0.29) is 0 Å². The Balaban J connectivity index is 2.13. The van der Waals surface area contributed by atoms with Gasteiger partial charge < -0.3 is 5.11 Å². The third-order valence-electron chi connectivity index (χ3n) is 4.29. The van der Waals surface area contributed by atoms with Crippen LogP contribution >= 0.6 is 0 Å². The number of rotatable bonds is 4. The Morgan fingerprint density at radius 3 is 1.62 bits per heavy atom. The molecule has 0 amide bonds. The molecule has 1 N–H and O–H groups in total. The van der Waals surface area contributed by atoms with Crippen LogP contribution in [-0.2, 0) is 0 Å². The van der Waals surface area contributed by atoms with Crippen LogP contribution in [0.5, 0.6) is 0 Å². The average Bonchev–Trinajstić information content (AvgIpc) is 3.02. The molecule has 0 saturated carbocycles. The van der Waals surface area contributed by atoms with E-state index in [1.807, 2.05) is 80.4 Å². The number of benzene rings is 1. The minimum absolute atomic E-state index is 0.421. The van der Waals surface area contributed by atoms with Gasteiger partial charge in [-0.1, -0.05) is 29.8 Å². The first kappa shape index (κ1) is 16.5. The molecule has 2 heterocycles. The normalized spacial score (nSPS) is 12.8. The smallest absolute Gasteiger partial charge is 0.173 e. The summed E-state index contributed by atoms with van der Waals surface area (Å²) in [5.41, 5.74) is 5.86. The number of hydrogen-bond acceptors (Lipinski definition) is 3. The highest BCUT2D eigenvalue weighted by atomic mass is 16.3. The zero-order valence-corrected chi connectivity index (χ0v) is 14.9. The van der Waals surface area contributed by atoms with Gasteiger partial charge in [0.25, 0.3) is 0 Å². The van der Waals surface area contributed by atoms with Gasteiger partial charge in [-0.25, -0.2) is 9.36 Å². The zero-order valence-electron chi connectivity index (χ0n) is 14.9. The van der Waals surface area contributed by atoms with Gasteiger partial charge in [-0.2, -0.15) is 10.2 Å². The summed E-state index contributed by atoms with van der Waals surface area (Å²) in [6.07, 6.45) is -1.17. The van der Waals surface area contributed by atoms with E-state index in [2.05, 4.69) is 10.2 Å². The van der Waals surface area contributed by atoms with Crippen LogP contribution in [0.15, 0.2) is 36.4 Å². The van der Waals surface area contributed by atoms with Crippen molar-refractivity contribution in [2.24, 2.45) is 0 Å². The van der Waals surface area contributed by atoms with Crippen LogP contribution in [0.1, 0.15) is 46.2 Å². The van der Waals surface area contributed by atoms with E-state index in [1.54, 1.807) is 0 Å². The van der Waals surface area contributed by atoms with Gasteiger partial charge >= 0.3 is 0 Å². The fraction of sp³-hybridized carbons (Fsp3) is 0.368. The minimum Gasteiger partial charge on any atom is -0.384 e. The van der Waals surface area contributed by atoms with E-state index in [9.17, 15) is 5.11 Å². The third kappa shape index (κ3) is 2.99. The second kappa shape index (κ2) is 6.24. The molecular formula is C19H24N4O. The van der Waals surface area contributed by atoms with Crippen molar-refractivity contribution < 1.29 is 5.11 Å². The molecule has 0 fully saturated rings. The number of hydrogen-bond donors (Lipinski definition) is 1. The first-order valence-electron chi connectivity index (χ1n) is 8.17. The predicted molar refractivity (Wildman–Crippen MR) is 94.0 cm³/mol. The SMILES string of the molecule is Cc1ccc([C@@H](O)C(n2nc(C)cc2C)n2nc(C)cc2C)cc1. The summed E-state index contributed by atoms with van der Waals surface area (Å²) in [6.45, 7) is 9.96. The topological polar surface area (TPSA) is 55.9 Å². The van der Waals surface area contributed by atoms with E-state index < -0.39 is 12.3 Å². The first-order valence-corrected chi connectivity index (χ1v) is 8.17. The lowest BCUT2D eigenvalue weighted by Crippen LogP contribution is -2.29. The van der Waals surface area contributed by atoms with Gasteiger partial charge in [-0.15, -0.1) is 0 Å². The van der Waals surface area contributed by atoms with Crippen molar-refractivity contribution >= 4 is 0 Å². The number of aromatic nitrogens is 4. The highest BCUT2D eigenvalue weighted by molar-refractivity contribution is 5.25. The fourth-order valence-corrected chi connectivity index (χ4v) is 3.13. The maximum absolute atomic E-state index is 11.1. The van der Waals surface area contributed by atoms with Crippen LogP contribution < -0.4 is 0 Å². The molecule has 24 heavy (non-hydrogen) atoms.